The molecule has 2 heterocycles. The van der Waals surface area contributed by atoms with Gasteiger partial charge in [0.05, 0.1) is 17.7 Å². The molecule has 0 aromatic heterocycles. The molecule has 0 radical (unpaired) electrons. The highest BCUT2D eigenvalue weighted by molar-refractivity contribution is 6.30. The molecule has 3 aromatic rings. The van der Waals surface area contributed by atoms with E-state index in [2.05, 4.69) is 9.80 Å². The molecule has 1 amide bonds. The van der Waals surface area contributed by atoms with Crippen molar-refractivity contribution >= 4 is 17.5 Å². The third-order valence-electron chi connectivity index (χ3n) is 8.83. The third-order valence-corrected chi connectivity index (χ3v) is 9.12. The average Bonchev–Trinajstić information content (AvgIpc) is 3.04. The summed E-state index contributed by atoms with van der Waals surface area (Å²) in [7, 11) is 0. The van der Waals surface area contributed by atoms with Gasteiger partial charge >= 0.3 is 0 Å². The highest BCUT2D eigenvalue weighted by Gasteiger charge is 2.33. The van der Waals surface area contributed by atoms with Gasteiger partial charge in [0.2, 0.25) is 5.91 Å². The molecular formula is C34H41ClF2N4O2. The van der Waals surface area contributed by atoms with Crippen LogP contribution in [0, 0.1) is 17.6 Å². The molecule has 6 nitrogen and oxygen atoms in total. The number of hydrogen-bond acceptors (Lipinski definition) is 5. The summed E-state index contributed by atoms with van der Waals surface area (Å²) in [6.45, 7) is 7.59. The number of nitrogens with zero attached hydrogens (tertiary/aromatic N) is 3. The molecule has 1 atom stereocenters. The minimum atomic E-state index is -0.542. The Kier molecular flexibility index (Phi) is 10.7. The van der Waals surface area contributed by atoms with Gasteiger partial charge < -0.3 is 20.3 Å². The number of carbonyl (C=O) groups is 1. The van der Waals surface area contributed by atoms with Gasteiger partial charge in [-0.05, 0) is 80.1 Å². The van der Waals surface area contributed by atoms with Crippen LogP contribution in [0.1, 0.15) is 30.9 Å². The fraction of sp³-hybridized carbons (Fsp3) is 0.441. The maximum Gasteiger partial charge on any atom is 0.239 e. The van der Waals surface area contributed by atoms with Crippen molar-refractivity contribution in [2.45, 2.75) is 38.8 Å². The van der Waals surface area contributed by atoms with Crippen LogP contribution in [-0.2, 0) is 17.8 Å². The lowest BCUT2D eigenvalue weighted by molar-refractivity contribution is -0.136. The molecule has 43 heavy (non-hydrogen) atoms. The first-order valence-corrected chi connectivity index (χ1v) is 15.6. The number of hydrogen-bond donors (Lipinski definition) is 1. The van der Waals surface area contributed by atoms with E-state index in [1.165, 1.54) is 6.07 Å². The molecule has 230 valence electrons. The summed E-state index contributed by atoms with van der Waals surface area (Å²) < 4.78 is 35.2. The smallest absolute Gasteiger partial charge is 0.239 e. The van der Waals surface area contributed by atoms with E-state index in [0.29, 0.717) is 69.2 Å². The van der Waals surface area contributed by atoms with E-state index < -0.39 is 6.04 Å². The van der Waals surface area contributed by atoms with Crippen molar-refractivity contribution in [1.82, 2.24) is 14.7 Å². The number of halogens is 3. The van der Waals surface area contributed by atoms with Crippen molar-refractivity contribution in [2.75, 3.05) is 52.4 Å². The maximum atomic E-state index is 15.1. The van der Waals surface area contributed by atoms with Crippen LogP contribution in [0.25, 0.3) is 11.1 Å². The van der Waals surface area contributed by atoms with E-state index in [9.17, 15) is 9.18 Å². The molecule has 9 heteroatoms. The van der Waals surface area contributed by atoms with Crippen LogP contribution < -0.4 is 10.5 Å². The summed E-state index contributed by atoms with van der Waals surface area (Å²) in [5.74, 6) is 0.0503. The summed E-state index contributed by atoms with van der Waals surface area (Å²) in [5, 5.41) is 0.140. The highest BCUT2D eigenvalue weighted by atomic mass is 35.5. The fourth-order valence-electron chi connectivity index (χ4n) is 6.28. The van der Waals surface area contributed by atoms with Crippen LogP contribution in [0.3, 0.4) is 0 Å². The summed E-state index contributed by atoms with van der Waals surface area (Å²) in [6.07, 6.45) is 2.20. The minimum absolute atomic E-state index is 0.00695. The Balaban J connectivity index is 1.10. The summed E-state index contributed by atoms with van der Waals surface area (Å²) in [6, 6.07) is 17.7. The third kappa shape index (κ3) is 7.55. The van der Waals surface area contributed by atoms with E-state index in [0.717, 1.165) is 37.1 Å². The van der Waals surface area contributed by atoms with Crippen molar-refractivity contribution < 1.29 is 18.3 Å². The Morgan fingerprint density at radius 2 is 1.65 bits per heavy atom. The molecule has 0 bridgehead atoms. The molecule has 0 aliphatic carbocycles. The maximum absolute atomic E-state index is 15.1. The van der Waals surface area contributed by atoms with E-state index >= 15 is 4.39 Å². The van der Waals surface area contributed by atoms with Gasteiger partial charge in [-0.15, -0.1) is 0 Å². The first-order chi connectivity index (χ1) is 20.9. The first-order valence-electron chi connectivity index (χ1n) is 15.3. The van der Waals surface area contributed by atoms with Crippen LogP contribution in [0.15, 0.2) is 60.7 Å². The lowest BCUT2D eigenvalue weighted by atomic mass is 9.88. The molecular weight excluding hydrogens is 570 g/mol. The molecule has 2 N–H and O–H groups in total. The zero-order chi connectivity index (χ0) is 30.3. The van der Waals surface area contributed by atoms with Gasteiger partial charge in [0.15, 0.2) is 0 Å². The summed E-state index contributed by atoms with van der Waals surface area (Å²) in [5.41, 5.74) is 9.57. The largest absolute Gasteiger partial charge is 0.493 e. The monoisotopic (exact) mass is 610 g/mol. The predicted octanol–water partition coefficient (Wildman–Crippen LogP) is 5.61. The van der Waals surface area contributed by atoms with Gasteiger partial charge in [0.25, 0.3) is 0 Å². The van der Waals surface area contributed by atoms with E-state index in [4.69, 9.17) is 22.1 Å². The number of likely N-dealkylation sites (tertiary alicyclic amines) is 1. The number of benzene rings is 3. The number of piperazine rings is 1. The van der Waals surface area contributed by atoms with Crippen LogP contribution in [-0.4, -0.2) is 79.1 Å². The van der Waals surface area contributed by atoms with Gasteiger partial charge in [-0.1, -0.05) is 54.1 Å². The molecule has 2 aliphatic rings. The normalized spacial score (nSPS) is 17.7. The van der Waals surface area contributed by atoms with E-state index in [-0.39, 0.29) is 28.5 Å². The molecule has 3 aromatic carbocycles. The first kappa shape index (κ1) is 31.4. The molecule has 0 saturated carbocycles. The molecule has 0 spiro atoms. The second kappa shape index (κ2) is 14.6. The van der Waals surface area contributed by atoms with E-state index in [1.807, 2.05) is 48.2 Å². The van der Waals surface area contributed by atoms with Crippen molar-refractivity contribution in [3.05, 3.63) is 88.4 Å². The number of nitrogens with two attached hydrogens (primary N) is 1. The SMILES string of the molecule is CCOc1cccc(F)c1CN1CCN(C(=O)[C@H](N)C2CCN(CCc3c(-c4ccccc4)ccc(Cl)c3F)CC2)CC1. The topological polar surface area (TPSA) is 62.0 Å². The van der Waals surface area contributed by atoms with Crippen LogP contribution in [0.5, 0.6) is 5.75 Å². The number of amides is 1. The lowest BCUT2D eigenvalue weighted by Gasteiger charge is -2.39. The van der Waals surface area contributed by atoms with Gasteiger partial charge in [0, 0.05) is 44.8 Å². The highest BCUT2D eigenvalue weighted by Crippen LogP contribution is 2.31. The number of ether oxygens (including phenoxy) is 1. The Morgan fingerprint density at radius 1 is 0.930 bits per heavy atom. The Morgan fingerprint density at radius 3 is 2.35 bits per heavy atom. The number of piperidine rings is 1. The Labute approximate surface area is 258 Å². The van der Waals surface area contributed by atoms with Crippen LogP contribution in [0.4, 0.5) is 8.78 Å². The van der Waals surface area contributed by atoms with Crippen molar-refractivity contribution in [2.24, 2.45) is 11.7 Å². The van der Waals surface area contributed by atoms with Crippen molar-refractivity contribution in [1.29, 1.82) is 0 Å². The standard InChI is InChI=1S/C34H41ClF2N4O2/c1-2-43-31-10-6-9-30(36)28(31)23-40-19-21-41(22-20-40)34(42)33(38)25-13-16-39(17-14-25)18-15-27-26(11-12-29(35)32(27)37)24-7-4-3-5-8-24/h3-12,25,33H,2,13-23,38H2,1H3/t33-/m1/s1. The van der Waals surface area contributed by atoms with Gasteiger partial charge in [-0.3, -0.25) is 9.69 Å². The zero-order valence-electron chi connectivity index (χ0n) is 24.8. The van der Waals surface area contributed by atoms with E-state index in [1.54, 1.807) is 18.2 Å². The van der Waals surface area contributed by atoms with Gasteiger partial charge in [-0.2, -0.15) is 0 Å². The zero-order valence-corrected chi connectivity index (χ0v) is 25.5. The Hall–Kier alpha value is -3.04. The average molecular weight is 611 g/mol. The molecule has 2 aliphatic heterocycles. The fourth-order valence-corrected chi connectivity index (χ4v) is 6.45. The minimum Gasteiger partial charge on any atom is -0.493 e. The molecule has 2 saturated heterocycles. The molecule has 2 fully saturated rings. The molecule has 0 unspecified atom stereocenters. The Bertz CT molecular complexity index is 1380. The lowest BCUT2D eigenvalue weighted by Crippen LogP contribution is -2.55. The second-order valence-corrected chi connectivity index (χ2v) is 11.9. The summed E-state index contributed by atoms with van der Waals surface area (Å²) >= 11 is 6.15. The summed E-state index contributed by atoms with van der Waals surface area (Å²) in [4.78, 5) is 19.7. The second-order valence-electron chi connectivity index (χ2n) is 11.5. The van der Waals surface area contributed by atoms with Crippen molar-refractivity contribution in [3.63, 3.8) is 0 Å². The van der Waals surface area contributed by atoms with Crippen LogP contribution in [0.2, 0.25) is 5.02 Å². The number of rotatable bonds is 10. The predicted molar refractivity (Wildman–Crippen MR) is 167 cm³/mol. The number of carbonyl (C=O) groups excluding carboxylic acids is 1. The van der Waals surface area contributed by atoms with Gasteiger partial charge in [0.1, 0.15) is 17.4 Å². The quantitative estimate of drug-likeness (QED) is 0.323. The van der Waals surface area contributed by atoms with Crippen molar-refractivity contribution in [3.8, 4) is 16.9 Å². The molecule has 5 rings (SSSR count). The van der Waals surface area contributed by atoms with Gasteiger partial charge in [-0.25, -0.2) is 8.78 Å². The van der Waals surface area contributed by atoms with Crippen LogP contribution >= 0.6 is 11.6 Å².